The van der Waals surface area contributed by atoms with Crippen molar-refractivity contribution in [2.45, 2.75) is 51.4 Å². The number of β-amino-alcohol motifs (C(OH)–C–C–N with tert-alkyl or cyclic N) is 1. The van der Waals surface area contributed by atoms with Gasteiger partial charge in [0.25, 0.3) is 0 Å². The normalized spacial score (nSPS) is 24.8. The highest BCUT2D eigenvalue weighted by molar-refractivity contribution is 6.30. The Labute approximate surface area is 177 Å². The highest BCUT2D eigenvalue weighted by Gasteiger charge is 2.41. The Morgan fingerprint density at radius 1 is 1.03 bits per heavy atom. The van der Waals surface area contributed by atoms with E-state index >= 15 is 0 Å². The van der Waals surface area contributed by atoms with Gasteiger partial charge in [-0.2, -0.15) is 0 Å². The molecular weight excluding hydrogens is 388 g/mol. The number of hydrogen-bond donors (Lipinski definition) is 2. The molecular formula is C22H29ClN4O2. The van der Waals surface area contributed by atoms with Crippen molar-refractivity contribution in [1.29, 1.82) is 0 Å². The molecule has 2 aromatic rings. The summed E-state index contributed by atoms with van der Waals surface area (Å²) < 4.78 is 0. The average Bonchev–Trinajstić information content (AvgIpc) is 3.07. The molecule has 2 unspecified atom stereocenters. The van der Waals surface area contributed by atoms with E-state index in [1.54, 1.807) is 0 Å². The van der Waals surface area contributed by atoms with Crippen molar-refractivity contribution in [2.75, 3.05) is 31.1 Å². The summed E-state index contributed by atoms with van der Waals surface area (Å²) in [5, 5.41) is 22.6. The summed E-state index contributed by atoms with van der Waals surface area (Å²) >= 11 is 5.98. The number of piperidine rings is 1. The summed E-state index contributed by atoms with van der Waals surface area (Å²) in [6, 6.07) is 7.51. The van der Waals surface area contributed by atoms with Crippen LogP contribution in [0.4, 0.5) is 5.82 Å². The van der Waals surface area contributed by atoms with Crippen molar-refractivity contribution in [3.63, 3.8) is 0 Å². The van der Waals surface area contributed by atoms with E-state index in [0.717, 1.165) is 48.1 Å². The van der Waals surface area contributed by atoms with Crippen LogP contribution >= 0.6 is 11.6 Å². The summed E-state index contributed by atoms with van der Waals surface area (Å²) in [6.07, 6.45) is 0.845. The quantitative estimate of drug-likeness (QED) is 0.801. The number of halogens is 1. The summed E-state index contributed by atoms with van der Waals surface area (Å²) in [6.45, 7) is 8.74. The van der Waals surface area contributed by atoms with Crippen LogP contribution in [-0.4, -0.2) is 63.4 Å². The zero-order valence-corrected chi connectivity index (χ0v) is 18.0. The van der Waals surface area contributed by atoms with Crippen molar-refractivity contribution in [3.8, 4) is 0 Å². The molecule has 0 aliphatic carbocycles. The number of rotatable bonds is 3. The summed E-state index contributed by atoms with van der Waals surface area (Å²) in [5.41, 5.74) is 2.13. The molecule has 1 aromatic carbocycles. The number of aromatic nitrogens is 2. The Bertz CT molecular complexity index is 881. The topological polar surface area (TPSA) is 72.7 Å². The van der Waals surface area contributed by atoms with Gasteiger partial charge in [-0.1, -0.05) is 23.7 Å². The lowest BCUT2D eigenvalue weighted by atomic mass is 9.84. The molecule has 2 saturated heterocycles. The standard InChI is InChI=1S/C22H29ClN4O2/c1-14-15(2)24-16(3)25-21(14)27-12-19(20(28)13-27)26-10-8-22(29,9-11-26)17-4-6-18(23)7-5-17/h4-7,19-20,28-29H,8-13H2,1-3H3. The molecule has 7 heteroatoms. The van der Waals surface area contributed by atoms with Crippen LogP contribution in [0.5, 0.6) is 0 Å². The van der Waals surface area contributed by atoms with E-state index in [2.05, 4.69) is 19.8 Å². The number of nitrogens with zero attached hydrogens (tertiary/aromatic N) is 4. The lowest BCUT2D eigenvalue weighted by Gasteiger charge is -2.41. The van der Waals surface area contributed by atoms with E-state index in [1.807, 2.05) is 45.0 Å². The minimum atomic E-state index is -0.832. The van der Waals surface area contributed by atoms with Gasteiger partial charge < -0.3 is 15.1 Å². The Hall–Kier alpha value is -1.73. The molecule has 0 amide bonds. The second-order valence-electron chi connectivity index (χ2n) is 8.42. The van der Waals surface area contributed by atoms with E-state index in [-0.39, 0.29) is 6.04 Å². The summed E-state index contributed by atoms with van der Waals surface area (Å²) in [4.78, 5) is 13.6. The van der Waals surface area contributed by atoms with Crippen molar-refractivity contribution in [2.24, 2.45) is 0 Å². The van der Waals surface area contributed by atoms with Crippen LogP contribution in [0.15, 0.2) is 24.3 Å². The van der Waals surface area contributed by atoms with E-state index in [0.29, 0.717) is 24.4 Å². The number of aryl methyl sites for hydroxylation is 2. The molecule has 4 rings (SSSR count). The molecule has 2 fully saturated rings. The van der Waals surface area contributed by atoms with E-state index in [9.17, 15) is 10.2 Å². The van der Waals surface area contributed by atoms with Crippen LogP contribution in [0.2, 0.25) is 5.02 Å². The van der Waals surface area contributed by atoms with Crippen molar-refractivity contribution < 1.29 is 10.2 Å². The fourth-order valence-corrected chi connectivity index (χ4v) is 4.76. The van der Waals surface area contributed by atoms with Gasteiger partial charge in [0.05, 0.1) is 17.7 Å². The fraction of sp³-hybridized carbons (Fsp3) is 0.545. The van der Waals surface area contributed by atoms with Gasteiger partial charge in [-0.05, 0) is 51.3 Å². The van der Waals surface area contributed by atoms with Crippen molar-refractivity contribution >= 4 is 17.4 Å². The second-order valence-corrected chi connectivity index (χ2v) is 8.86. The lowest BCUT2D eigenvalue weighted by Crippen LogP contribution is -2.51. The molecule has 6 nitrogen and oxygen atoms in total. The van der Waals surface area contributed by atoms with Gasteiger partial charge in [0.1, 0.15) is 11.6 Å². The molecule has 3 heterocycles. The molecule has 2 N–H and O–H groups in total. The zero-order chi connectivity index (χ0) is 20.8. The van der Waals surface area contributed by atoms with E-state index in [1.165, 1.54) is 0 Å². The Morgan fingerprint density at radius 2 is 1.69 bits per heavy atom. The first kappa shape index (κ1) is 20.5. The van der Waals surface area contributed by atoms with Gasteiger partial charge in [0.15, 0.2) is 0 Å². The molecule has 2 aliphatic rings. The number of anilines is 1. The van der Waals surface area contributed by atoms with Gasteiger partial charge in [-0.15, -0.1) is 0 Å². The van der Waals surface area contributed by atoms with Crippen LogP contribution in [0.25, 0.3) is 0 Å². The minimum Gasteiger partial charge on any atom is -0.390 e. The van der Waals surface area contributed by atoms with Crippen LogP contribution in [0.3, 0.4) is 0 Å². The van der Waals surface area contributed by atoms with Crippen LogP contribution < -0.4 is 4.90 Å². The van der Waals surface area contributed by atoms with Gasteiger partial charge in [0, 0.05) is 42.5 Å². The van der Waals surface area contributed by atoms with Crippen LogP contribution in [0, 0.1) is 20.8 Å². The van der Waals surface area contributed by atoms with Crippen LogP contribution in [0.1, 0.15) is 35.5 Å². The molecule has 0 spiro atoms. The Kier molecular flexibility index (Phi) is 5.55. The Balaban J connectivity index is 1.45. The predicted octanol–water partition coefficient (Wildman–Crippen LogP) is 2.59. The van der Waals surface area contributed by atoms with Crippen molar-refractivity contribution in [1.82, 2.24) is 14.9 Å². The lowest BCUT2D eigenvalue weighted by molar-refractivity contribution is -0.0450. The second kappa shape index (κ2) is 7.84. The summed E-state index contributed by atoms with van der Waals surface area (Å²) in [7, 11) is 0. The first-order valence-electron chi connectivity index (χ1n) is 10.2. The highest BCUT2D eigenvalue weighted by Crippen LogP contribution is 2.35. The maximum atomic E-state index is 11.1. The van der Waals surface area contributed by atoms with E-state index < -0.39 is 11.7 Å². The highest BCUT2D eigenvalue weighted by atomic mass is 35.5. The first-order chi connectivity index (χ1) is 13.8. The molecule has 2 atom stereocenters. The predicted molar refractivity (Wildman–Crippen MR) is 114 cm³/mol. The Morgan fingerprint density at radius 3 is 2.34 bits per heavy atom. The van der Waals surface area contributed by atoms with Gasteiger partial charge >= 0.3 is 0 Å². The maximum Gasteiger partial charge on any atom is 0.135 e. The first-order valence-corrected chi connectivity index (χ1v) is 10.6. The molecule has 0 bridgehead atoms. The molecule has 29 heavy (non-hydrogen) atoms. The minimum absolute atomic E-state index is 0.0414. The van der Waals surface area contributed by atoms with Gasteiger partial charge in [-0.3, -0.25) is 4.90 Å². The number of aliphatic hydroxyl groups is 2. The molecule has 1 aromatic heterocycles. The SMILES string of the molecule is Cc1nc(C)c(C)c(N2CC(O)C(N3CCC(O)(c4ccc(Cl)cc4)CC3)C2)n1. The van der Waals surface area contributed by atoms with Crippen LogP contribution in [-0.2, 0) is 5.60 Å². The maximum absolute atomic E-state index is 11.1. The van der Waals surface area contributed by atoms with Gasteiger partial charge in [-0.25, -0.2) is 9.97 Å². The molecule has 0 radical (unpaired) electrons. The monoisotopic (exact) mass is 416 g/mol. The third-order valence-electron chi connectivity index (χ3n) is 6.51. The number of hydrogen-bond acceptors (Lipinski definition) is 6. The number of aliphatic hydroxyl groups excluding tert-OH is 1. The van der Waals surface area contributed by atoms with E-state index in [4.69, 9.17) is 11.6 Å². The zero-order valence-electron chi connectivity index (χ0n) is 17.3. The average molecular weight is 417 g/mol. The number of likely N-dealkylation sites (tertiary alicyclic amines) is 1. The van der Waals surface area contributed by atoms with Gasteiger partial charge in [0.2, 0.25) is 0 Å². The third kappa shape index (κ3) is 3.99. The van der Waals surface area contributed by atoms with Crippen molar-refractivity contribution in [3.05, 3.63) is 51.9 Å². The fourth-order valence-electron chi connectivity index (χ4n) is 4.63. The largest absolute Gasteiger partial charge is 0.390 e. The molecule has 0 saturated carbocycles. The number of benzene rings is 1. The smallest absolute Gasteiger partial charge is 0.135 e. The summed E-state index contributed by atoms with van der Waals surface area (Å²) in [5.74, 6) is 1.68. The third-order valence-corrected chi connectivity index (χ3v) is 6.76. The molecule has 2 aliphatic heterocycles. The molecule has 156 valence electrons.